The summed E-state index contributed by atoms with van der Waals surface area (Å²) in [7, 11) is 0. The van der Waals surface area contributed by atoms with Crippen molar-refractivity contribution in [3.8, 4) is 11.5 Å². The number of ketones is 1. The molecule has 0 aliphatic heterocycles. The van der Waals surface area contributed by atoms with Crippen molar-refractivity contribution in [3.63, 3.8) is 0 Å². The van der Waals surface area contributed by atoms with E-state index in [1.807, 2.05) is 50.2 Å². The molecule has 27 heavy (non-hydrogen) atoms. The highest BCUT2D eigenvalue weighted by Crippen LogP contribution is 2.19. The fourth-order valence-corrected chi connectivity index (χ4v) is 2.69. The number of aryl methyl sites for hydroxylation is 2. The summed E-state index contributed by atoms with van der Waals surface area (Å²) in [4.78, 5) is 24.4. The van der Waals surface area contributed by atoms with Gasteiger partial charge in [0.1, 0.15) is 11.5 Å². The largest absolute Gasteiger partial charge is 0.482 e. The second-order valence-corrected chi connectivity index (χ2v) is 6.25. The van der Waals surface area contributed by atoms with E-state index < -0.39 is 5.97 Å². The smallest absolute Gasteiger partial charge is 0.349 e. The maximum Gasteiger partial charge on any atom is 0.349 e. The Labute approximate surface area is 158 Å². The van der Waals surface area contributed by atoms with Gasteiger partial charge in [-0.3, -0.25) is 4.79 Å². The minimum atomic E-state index is -0.503. The lowest BCUT2D eigenvalue weighted by Crippen LogP contribution is -2.18. The van der Waals surface area contributed by atoms with E-state index in [0.29, 0.717) is 22.6 Å². The van der Waals surface area contributed by atoms with Crippen LogP contribution in [-0.2, 0) is 4.79 Å². The molecule has 136 valence electrons. The van der Waals surface area contributed by atoms with Crippen molar-refractivity contribution in [1.82, 2.24) is 0 Å². The van der Waals surface area contributed by atoms with Gasteiger partial charge in [0.25, 0.3) is 0 Å². The van der Waals surface area contributed by atoms with E-state index >= 15 is 0 Å². The zero-order chi connectivity index (χ0) is 19.2. The topological polar surface area (TPSA) is 52.6 Å². The van der Waals surface area contributed by atoms with Gasteiger partial charge in [0.15, 0.2) is 12.4 Å². The van der Waals surface area contributed by atoms with Crippen LogP contribution in [0.3, 0.4) is 0 Å². The molecule has 3 aromatic rings. The molecule has 3 rings (SSSR count). The molecule has 0 bridgehead atoms. The highest BCUT2D eigenvalue weighted by atomic mass is 16.6. The Balaban J connectivity index is 1.57. The molecule has 3 aromatic carbocycles. The van der Waals surface area contributed by atoms with E-state index in [-0.39, 0.29) is 12.4 Å². The van der Waals surface area contributed by atoms with Gasteiger partial charge >= 0.3 is 5.97 Å². The van der Waals surface area contributed by atoms with Gasteiger partial charge in [-0.1, -0.05) is 48.0 Å². The molecule has 0 unspecified atom stereocenters. The number of rotatable bonds is 6. The molecule has 0 spiro atoms. The van der Waals surface area contributed by atoms with Crippen LogP contribution in [0.15, 0.2) is 72.8 Å². The summed E-state index contributed by atoms with van der Waals surface area (Å²) in [6.07, 6.45) is 0. The first kappa shape index (κ1) is 18.4. The lowest BCUT2D eigenvalue weighted by molar-refractivity contribution is -0.136. The molecule has 0 saturated carbocycles. The Morgan fingerprint density at radius 2 is 1.48 bits per heavy atom. The molecule has 0 amide bonds. The summed E-state index contributed by atoms with van der Waals surface area (Å²) in [5, 5.41) is 0. The van der Waals surface area contributed by atoms with E-state index in [0.717, 1.165) is 11.1 Å². The van der Waals surface area contributed by atoms with Crippen LogP contribution in [0.25, 0.3) is 0 Å². The molecule has 0 aromatic heterocycles. The first-order valence-corrected chi connectivity index (χ1v) is 8.63. The van der Waals surface area contributed by atoms with E-state index in [9.17, 15) is 9.59 Å². The second-order valence-electron chi connectivity index (χ2n) is 6.25. The Hall–Kier alpha value is -3.40. The first-order chi connectivity index (χ1) is 13.0. The van der Waals surface area contributed by atoms with Crippen molar-refractivity contribution < 1.29 is 19.1 Å². The number of carbonyl (C=O) groups excluding carboxylic acids is 2. The van der Waals surface area contributed by atoms with Crippen LogP contribution in [0.2, 0.25) is 0 Å². The highest BCUT2D eigenvalue weighted by Gasteiger charge is 2.11. The average Bonchev–Trinajstić information content (AvgIpc) is 2.68. The van der Waals surface area contributed by atoms with Crippen molar-refractivity contribution in [2.24, 2.45) is 0 Å². The fourth-order valence-electron chi connectivity index (χ4n) is 2.69. The minimum Gasteiger partial charge on any atom is -0.482 e. The summed E-state index contributed by atoms with van der Waals surface area (Å²) < 4.78 is 10.8. The summed E-state index contributed by atoms with van der Waals surface area (Å²) in [6.45, 7) is 3.74. The van der Waals surface area contributed by atoms with Crippen LogP contribution >= 0.6 is 0 Å². The van der Waals surface area contributed by atoms with Gasteiger partial charge in [-0.05, 0) is 49.7 Å². The second kappa shape index (κ2) is 8.32. The van der Waals surface area contributed by atoms with Gasteiger partial charge in [0.2, 0.25) is 0 Å². The molecule has 4 nitrogen and oxygen atoms in total. The monoisotopic (exact) mass is 360 g/mol. The van der Waals surface area contributed by atoms with E-state index in [1.165, 1.54) is 0 Å². The molecule has 0 fully saturated rings. The number of benzene rings is 3. The van der Waals surface area contributed by atoms with Gasteiger partial charge in [0, 0.05) is 11.1 Å². The van der Waals surface area contributed by atoms with Crippen LogP contribution in [-0.4, -0.2) is 18.4 Å². The third-order valence-electron chi connectivity index (χ3n) is 4.06. The normalized spacial score (nSPS) is 10.3. The molecule has 4 heteroatoms. The molecule has 0 heterocycles. The maximum absolute atomic E-state index is 12.4. The van der Waals surface area contributed by atoms with E-state index in [1.54, 1.807) is 36.4 Å². The van der Waals surface area contributed by atoms with E-state index in [4.69, 9.17) is 9.47 Å². The third kappa shape index (κ3) is 4.82. The fraction of sp³-hybridized carbons (Fsp3) is 0.130. The molecule has 0 atom stereocenters. The van der Waals surface area contributed by atoms with Crippen molar-refractivity contribution >= 4 is 11.8 Å². The van der Waals surface area contributed by atoms with Crippen LogP contribution in [0.4, 0.5) is 0 Å². The highest BCUT2D eigenvalue weighted by molar-refractivity contribution is 6.09. The zero-order valence-corrected chi connectivity index (χ0v) is 15.3. The first-order valence-electron chi connectivity index (χ1n) is 8.63. The molecule has 0 aliphatic carbocycles. The van der Waals surface area contributed by atoms with Gasteiger partial charge in [-0.15, -0.1) is 0 Å². The number of ether oxygens (including phenoxy) is 2. The van der Waals surface area contributed by atoms with Crippen molar-refractivity contribution in [1.29, 1.82) is 0 Å². The summed E-state index contributed by atoms with van der Waals surface area (Å²) in [5.41, 5.74) is 3.25. The maximum atomic E-state index is 12.4. The quantitative estimate of drug-likeness (QED) is 0.368. The summed E-state index contributed by atoms with van der Waals surface area (Å²) >= 11 is 0. The minimum absolute atomic E-state index is 0.0772. The van der Waals surface area contributed by atoms with Crippen LogP contribution in [0.5, 0.6) is 11.5 Å². The number of carbonyl (C=O) groups is 2. The standard InChI is InChI=1S/C23H20O4/c1-16-8-13-21(17(2)14-16)26-15-22(24)27-20-11-9-19(10-12-20)23(25)18-6-4-3-5-7-18/h3-14H,15H2,1-2H3. The Bertz CT molecular complexity index is 944. The van der Waals surface area contributed by atoms with Crippen molar-refractivity contribution in [2.45, 2.75) is 13.8 Å². The number of hydrogen-bond donors (Lipinski definition) is 0. The Morgan fingerprint density at radius 3 is 2.15 bits per heavy atom. The molecule has 0 aliphatic rings. The van der Waals surface area contributed by atoms with Crippen LogP contribution in [0.1, 0.15) is 27.0 Å². The summed E-state index contributed by atoms with van der Waals surface area (Å²) in [6, 6.07) is 21.3. The molecule has 0 N–H and O–H groups in total. The molecule has 0 radical (unpaired) electrons. The van der Waals surface area contributed by atoms with Gasteiger partial charge in [0.05, 0.1) is 0 Å². The SMILES string of the molecule is Cc1ccc(OCC(=O)Oc2ccc(C(=O)c3ccccc3)cc2)c(C)c1. The Morgan fingerprint density at radius 1 is 0.815 bits per heavy atom. The molecule has 0 saturated heterocycles. The number of hydrogen-bond acceptors (Lipinski definition) is 4. The lowest BCUT2D eigenvalue weighted by Gasteiger charge is -2.10. The van der Waals surface area contributed by atoms with Crippen LogP contribution < -0.4 is 9.47 Å². The van der Waals surface area contributed by atoms with Gasteiger partial charge in [-0.25, -0.2) is 4.79 Å². The molecular weight excluding hydrogens is 340 g/mol. The number of esters is 1. The Kier molecular flexibility index (Phi) is 5.67. The predicted octanol–water partition coefficient (Wildman–Crippen LogP) is 4.52. The molecular formula is C23H20O4. The summed E-state index contributed by atoms with van der Waals surface area (Å²) in [5.74, 6) is 0.443. The average molecular weight is 360 g/mol. The predicted molar refractivity (Wildman–Crippen MR) is 103 cm³/mol. The van der Waals surface area contributed by atoms with Crippen LogP contribution in [0, 0.1) is 13.8 Å². The zero-order valence-electron chi connectivity index (χ0n) is 15.3. The lowest BCUT2D eigenvalue weighted by atomic mass is 10.0. The van der Waals surface area contributed by atoms with Gasteiger partial charge in [-0.2, -0.15) is 0 Å². The van der Waals surface area contributed by atoms with Crippen molar-refractivity contribution in [3.05, 3.63) is 95.1 Å². The van der Waals surface area contributed by atoms with Crippen molar-refractivity contribution in [2.75, 3.05) is 6.61 Å². The third-order valence-corrected chi connectivity index (χ3v) is 4.06. The van der Waals surface area contributed by atoms with E-state index in [2.05, 4.69) is 0 Å². The van der Waals surface area contributed by atoms with Gasteiger partial charge < -0.3 is 9.47 Å².